The number of anilines is 1. The zero-order valence-corrected chi connectivity index (χ0v) is 8.97. The molecular weight excluding hydrogens is 210 g/mol. The molecule has 2 N–H and O–H groups in total. The molecule has 1 aromatic rings. The molecule has 1 fully saturated rings. The quantitative estimate of drug-likeness (QED) is 0.728. The Bertz CT molecular complexity index is 402. The molecule has 6 heteroatoms. The van der Waals surface area contributed by atoms with Crippen LogP contribution in [0.1, 0.15) is 28.5 Å². The Morgan fingerprint density at radius 1 is 1.69 bits per heavy atom. The Hall–Kier alpha value is -1.69. The smallest absolute Gasteiger partial charge is 0.360 e. The predicted octanol–water partition coefficient (Wildman–Crippen LogP) is 0.349. The Balaban J connectivity index is 2.30. The van der Waals surface area contributed by atoms with Gasteiger partial charge in [0.15, 0.2) is 11.5 Å². The van der Waals surface area contributed by atoms with Gasteiger partial charge >= 0.3 is 5.97 Å². The maximum absolute atomic E-state index is 11.4. The van der Waals surface area contributed by atoms with Crippen LogP contribution in [0.25, 0.3) is 0 Å². The molecule has 1 aliphatic rings. The molecule has 0 bridgehead atoms. The summed E-state index contributed by atoms with van der Waals surface area (Å²) in [7, 11) is 1.29. The Labute approximate surface area is 92.8 Å². The van der Waals surface area contributed by atoms with E-state index in [4.69, 9.17) is 10.5 Å². The van der Waals surface area contributed by atoms with Crippen LogP contribution in [-0.2, 0) is 9.47 Å². The highest BCUT2D eigenvalue weighted by Gasteiger charge is 2.22. The molecule has 0 aliphatic carbocycles. The number of nitrogens with zero attached hydrogens (tertiary/aromatic N) is 2. The van der Waals surface area contributed by atoms with Crippen molar-refractivity contribution in [3.05, 3.63) is 17.6 Å². The van der Waals surface area contributed by atoms with Crippen LogP contribution in [0, 0.1) is 0 Å². The molecular formula is C10H13N3O3. The van der Waals surface area contributed by atoms with Gasteiger partial charge < -0.3 is 15.2 Å². The van der Waals surface area contributed by atoms with E-state index in [9.17, 15) is 4.79 Å². The summed E-state index contributed by atoms with van der Waals surface area (Å²) in [5, 5.41) is 0. The van der Waals surface area contributed by atoms with Gasteiger partial charge in [-0.25, -0.2) is 14.8 Å². The van der Waals surface area contributed by atoms with E-state index in [0.717, 1.165) is 12.1 Å². The van der Waals surface area contributed by atoms with Crippen LogP contribution in [-0.4, -0.2) is 36.3 Å². The van der Waals surface area contributed by atoms with Crippen LogP contribution in [0.3, 0.4) is 0 Å². The summed E-state index contributed by atoms with van der Waals surface area (Å²) in [6.45, 7) is 1.32. The summed E-state index contributed by atoms with van der Waals surface area (Å²) >= 11 is 0. The zero-order valence-electron chi connectivity index (χ0n) is 8.97. The molecule has 86 valence electrons. The fourth-order valence-corrected chi connectivity index (χ4v) is 1.62. The van der Waals surface area contributed by atoms with Crippen molar-refractivity contribution in [2.24, 2.45) is 0 Å². The highest BCUT2D eigenvalue weighted by Crippen LogP contribution is 2.24. The van der Waals surface area contributed by atoms with Crippen molar-refractivity contribution in [2.45, 2.75) is 12.3 Å². The Morgan fingerprint density at radius 2 is 2.50 bits per heavy atom. The summed E-state index contributed by atoms with van der Waals surface area (Å²) in [5.74, 6) is -0.281. The van der Waals surface area contributed by atoms with Gasteiger partial charge in [0, 0.05) is 12.5 Å². The maximum Gasteiger partial charge on any atom is 0.360 e. The van der Waals surface area contributed by atoms with Crippen molar-refractivity contribution in [2.75, 3.05) is 26.1 Å². The molecule has 1 atom stereocenters. The summed E-state index contributed by atoms with van der Waals surface area (Å²) < 4.78 is 9.84. The van der Waals surface area contributed by atoms with E-state index >= 15 is 0 Å². The third-order valence-corrected chi connectivity index (χ3v) is 2.55. The van der Waals surface area contributed by atoms with Crippen LogP contribution in [0.5, 0.6) is 0 Å². The van der Waals surface area contributed by atoms with Crippen molar-refractivity contribution in [3.8, 4) is 0 Å². The number of hydrogen-bond donors (Lipinski definition) is 1. The molecule has 0 aromatic carbocycles. The lowest BCUT2D eigenvalue weighted by molar-refractivity contribution is 0.0594. The van der Waals surface area contributed by atoms with E-state index in [1.165, 1.54) is 7.11 Å². The summed E-state index contributed by atoms with van der Waals surface area (Å²) in [5.41, 5.74) is 6.36. The van der Waals surface area contributed by atoms with Gasteiger partial charge in [0.2, 0.25) is 0 Å². The Kier molecular flexibility index (Phi) is 3.00. The summed E-state index contributed by atoms with van der Waals surface area (Å²) in [6, 6.07) is 0. The van der Waals surface area contributed by atoms with Gasteiger partial charge in [0.05, 0.1) is 25.6 Å². The molecule has 2 rings (SSSR count). The van der Waals surface area contributed by atoms with Crippen LogP contribution in [0.4, 0.5) is 5.82 Å². The molecule has 0 radical (unpaired) electrons. The van der Waals surface area contributed by atoms with Crippen molar-refractivity contribution >= 4 is 11.8 Å². The summed E-state index contributed by atoms with van der Waals surface area (Å²) in [4.78, 5) is 19.5. The number of aromatic nitrogens is 2. The first-order valence-corrected chi connectivity index (χ1v) is 5.01. The minimum Gasteiger partial charge on any atom is -0.464 e. The number of hydrogen-bond acceptors (Lipinski definition) is 6. The molecule has 2 heterocycles. The molecule has 0 spiro atoms. The Morgan fingerprint density at radius 3 is 3.12 bits per heavy atom. The summed E-state index contributed by atoms with van der Waals surface area (Å²) in [6.07, 6.45) is 2.47. The maximum atomic E-state index is 11.4. The first-order valence-electron chi connectivity index (χ1n) is 5.01. The van der Waals surface area contributed by atoms with Gasteiger partial charge in [-0.05, 0) is 6.42 Å². The number of esters is 1. The SMILES string of the molecule is COC(=O)c1nc([C@H]2CCOC2)cnc1N. The minimum absolute atomic E-state index is 0.0758. The molecule has 1 saturated heterocycles. The fourth-order valence-electron chi connectivity index (χ4n) is 1.62. The van der Waals surface area contributed by atoms with Crippen molar-refractivity contribution in [1.82, 2.24) is 9.97 Å². The molecule has 16 heavy (non-hydrogen) atoms. The highest BCUT2D eigenvalue weighted by molar-refractivity contribution is 5.91. The third-order valence-electron chi connectivity index (χ3n) is 2.55. The van der Waals surface area contributed by atoms with Crippen LogP contribution in [0.15, 0.2) is 6.20 Å². The largest absolute Gasteiger partial charge is 0.464 e. The lowest BCUT2D eigenvalue weighted by Gasteiger charge is -2.08. The average molecular weight is 223 g/mol. The lowest BCUT2D eigenvalue weighted by atomic mass is 10.1. The number of carbonyl (C=O) groups excluding carboxylic acids is 1. The second kappa shape index (κ2) is 4.44. The number of nitrogen functional groups attached to an aromatic ring is 1. The van der Waals surface area contributed by atoms with Crippen molar-refractivity contribution < 1.29 is 14.3 Å². The van der Waals surface area contributed by atoms with Crippen LogP contribution < -0.4 is 5.73 Å². The molecule has 0 saturated carbocycles. The van der Waals surface area contributed by atoms with Gasteiger partial charge in [-0.15, -0.1) is 0 Å². The average Bonchev–Trinajstić information content (AvgIpc) is 2.82. The number of ether oxygens (including phenoxy) is 2. The number of rotatable bonds is 2. The first kappa shape index (κ1) is 10.8. The minimum atomic E-state index is -0.564. The number of nitrogens with two attached hydrogens (primary N) is 1. The molecule has 6 nitrogen and oxygen atoms in total. The van der Waals surface area contributed by atoms with Gasteiger partial charge in [0.25, 0.3) is 0 Å². The second-order valence-corrected chi connectivity index (χ2v) is 3.58. The fraction of sp³-hybridized carbons (Fsp3) is 0.500. The van der Waals surface area contributed by atoms with Crippen LogP contribution >= 0.6 is 0 Å². The monoisotopic (exact) mass is 223 g/mol. The van der Waals surface area contributed by atoms with Gasteiger partial charge in [-0.2, -0.15) is 0 Å². The van der Waals surface area contributed by atoms with Crippen molar-refractivity contribution in [3.63, 3.8) is 0 Å². The zero-order chi connectivity index (χ0) is 11.5. The van der Waals surface area contributed by atoms with Crippen LogP contribution in [0.2, 0.25) is 0 Å². The standard InChI is InChI=1S/C10H13N3O3/c1-15-10(14)8-9(11)12-4-7(13-8)6-2-3-16-5-6/h4,6H,2-3,5H2,1H3,(H2,11,12)/t6-/m0/s1. The molecule has 0 amide bonds. The third kappa shape index (κ3) is 1.96. The van der Waals surface area contributed by atoms with Gasteiger partial charge in [0.1, 0.15) is 0 Å². The first-order chi connectivity index (χ1) is 7.72. The van der Waals surface area contributed by atoms with Gasteiger partial charge in [-0.3, -0.25) is 0 Å². The number of methoxy groups -OCH3 is 1. The highest BCUT2D eigenvalue weighted by atomic mass is 16.5. The molecule has 1 aliphatic heterocycles. The van der Waals surface area contributed by atoms with E-state index in [-0.39, 0.29) is 17.4 Å². The molecule has 1 aromatic heterocycles. The second-order valence-electron chi connectivity index (χ2n) is 3.58. The van der Waals surface area contributed by atoms with E-state index in [1.54, 1.807) is 6.20 Å². The topological polar surface area (TPSA) is 87.3 Å². The predicted molar refractivity (Wildman–Crippen MR) is 56.0 cm³/mol. The number of carbonyl (C=O) groups is 1. The van der Waals surface area contributed by atoms with Gasteiger partial charge in [-0.1, -0.05) is 0 Å². The normalized spacial score (nSPS) is 19.7. The van der Waals surface area contributed by atoms with E-state index in [2.05, 4.69) is 14.7 Å². The van der Waals surface area contributed by atoms with E-state index in [1.807, 2.05) is 0 Å². The van der Waals surface area contributed by atoms with Crippen molar-refractivity contribution in [1.29, 1.82) is 0 Å². The van der Waals surface area contributed by atoms with E-state index < -0.39 is 5.97 Å². The van der Waals surface area contributed by atoms with E-state index in [0.29, 0.717) is 13.2 Å². The molecule has 0 unspecified atom stereocenters. The lowest BCUT2D eigenvalue weighted by Crippen LogP contribution is -2.13.